The quantitative estimate of drug-likeness (QED) is 0.669. The van der Waals surface area contributed by atoms with Gasteiger partial charge in [-0.1, -0.05) is 0 Å². The standard InChI is InChI=1S/C11H13N3O3S/c12-7-9-1-3-10(4-2-9)18(16,17)6-5-14-8-11(13)15/h1-4,14H,5-6,8H2,(H2,13,15). The molecule has 0 aromatic heterocycles. The average Bonchev–Trinajstić information content (AvgIpc) is 2.34. The monoisotopic (exact) mass is 267 g/mol. The highest BCUT2D eigenvalue weighted by Crippen LogP contribution is 2.11. The molecule has 18 heavy (non-hydrogen) atoms. The Morgan fingerprint density at radius 2 is 1.94 bits per heavy atom. The Morgan fingerprint density at radius 3 is 2.44 bits per heavy atom. The van der Waals surface area contributed by atoms with E-state index in [2.05, 4.69) is 5.32 Å². The van der Waals surface area contributed by atoms with Crippen LogP contribution >= 0.6 is 0 Å². The maximum Gasteiger partial charge on any atom is 0.231 e. The minimum absolute atomic E-state index is 0.0527. The zero-order chi connectivity index (χ0) is 13.6. The number of nitriles is 1. The maximum absolute atomic E-state index is 11.8. The molecule has 0 unspecified atom stereocenters. The molecular formula is C11H13N3O3S. The molecule has 0 aliphatic heterocycles. The van der Waals surface area contributed by atoms with Crippen molar-refractivity contribution in [3.8, 4) is 6.07 Å². The van der Waals surface area contributed by atoms with E-state index in [0.29, 0.717) is 5.56 Å². The van der Waals surface area contributed by atoms with Crippen molar-refractivity contribution < 1.29 is 13.2 Å². The van der Waals surface area contributed by atoms with E-state index in [1.54, 1.807) is 0 Å². The summed E-state index contributed by atoms with van der Waals surface area (Å²) in [7, 11) is -3.41. The van der Waals surface area contributed by atoms with E-state index < -0.39 is 15.7 Å². The Hall–Kier alpha value is -1.91. The van der Waals surface area contributed by atoms with Crippen LogP contribution in [0.15, 0.2) is 29.2 Å². The predicted molar refractivity (Wildman–Crippen MR) is 65.3 cm³/mol. The van der Waals surface area contributed by atoms with Gasteiger partial charge in [0.25, 0.3) is 0 Å². The van der Waals surface area contributed by atoms with Crippen LogP contribution in [0.1, 0.15) is 5.56 Å². The van der Waals surface area contributed by atoms with E-state index in [1.807, 2.05) is 6.07 Å². The van der Waals surface area contributed by atoms with Crippen molar-refractivity contribution in [2.24, 2.45) is 5.73 Å². The zero-order valence-electron chi connectivity index (χ0n) is 9.59. The summed E-state index contributed by atoms with van der Waals surface area (Å²) in [5.74, 6) is -0.669. The van der Waals surface area contributed by atoms with Gasteiger partial charge in [-0.2, -0.15) is 5.26 Å². The Labute approximate surface area is 105 Å². The fourth-order valence-corrected chi connectivity index (χ4v) is 2.47. The Morgan fingerprint density at radius 1 is 1.33 bits per heavy atom. The molecule has 0 saturated heterocycles. The van der Waals surface area contributed by atoms with E-state index in [0.717, 1.165) is 0 Å². The fourth-order valence-electron chi connectivity index (χ4n) is 1.27. The van der Waals surface area contributed by atoms with Gasteiger partial charge >= 0.3 is 0 Å². The lowest BCUT2D eigenvalue weighted by Gasteiger charge is -2.05. The number of carbonyl (C=O) groups is 1. The normalized spacial score (nSPS) is 10.8. The minimum atomic E-state index is -3.41. The summed E-state index contributed by atoms with van der Waals surface area (Å²) in [6, 6.07) is 7.59. The van der Waals surface area contributed by atoms with Crippen LogP contribution in [0.2, 0.25) is 0 Å². The highest BCUT2D eigenvalue weighted by atomic mass is 32.2. The number of nitrogens with zero attached hydrogens (tertiary/aromatic N) is 1. The van der Waals surface area contributed by atoms with Crippen LogP contribution in [0.5, 0.6) is 0 Å². The van der Waals surface area contributed by atoms with Crippen molar-refractivity contribution >= 4 is 15.7 Å². The number of benzene rings is 1. The molecule has 0 atom stereocenters. The summed E-state index contributed by atoms with van der Waals surface area (Å²) in [6.45, 7) is 0.0914. The van der Waals surface area contributed by atoms with Gasteiger partial charge in [-0.25, -0.2) is 8.42 Å². The van der Waals surface area contributed by atoms with Crippen molar-refractivity contribution in [1.29, 1.82) is 5.26 Å². The van der Waals surface area contributed by atoms with E-state index in [-0.39, 0.29) is 23.7 Å². The molecule has 6 nitrogen and oxygen atoms in total. The molecule has 1 aromatic rings. The van der Waals surface area contributed by atoms with Crippen molar-refractivity contribution in [1.82, 2.24) is 5.32 Å². The SMILES string of the molecule is N#Cc1ccc(S(=O)(=O)CCNCC(N)=O)cc1. The summed E-state index contributed by atoms with van der Waals surface area (Å²) in [5, 5.41) is 11.2. The molecule has 0 aliphatic rings. The summed E-state index contributed by atoms with van der Waals surface area (Å²) >= 11 is 0. The van der Waals surface area contributed by atoms with Gasteiger partial charge in [0.15, 0.2) is 9.84 Å². The second-order valence-electron chi connectivity index (χ2n) is 3.60. The molecule has 96 valence electrons. The lowest BCUT2D eigenvalue weighted by Crippen LogP contribution is -2.32. The van der Waals surface area contributed by atoms with Crippen LogP contribution in [0, 0.1) is 11.3 Å². The summed E-state index contributed by atoms with van der Waals surface area (Å²) < 4.78 is 23.7. The van der Waals surface area contributed by atoms with E-state index >= 15 is 0 Å². The maximum atomic E-state index is 11.8. The first-order chi connectivity index (χ1) is 8.45. The topological polar surface area (TPSA) is 113 Å². The van der Waals surface area contributed by atoms with Crippen molar-refractivity contribution in [3.63, 3.8) is 0 Å². The first kappa shape index (κ1) is 14.2. The molecule has 0 saturated carbocycles. The first-order valence-electron chi connectivity index (χ1n) is 5.17. The molecule has 1 amide bonds. The number of hydrogen-bond acceptors (Lipinski definition) is 5. The molecule has 1 rings (SSSR count). The minimum Gasteiger partial charge on any atom is -0.369 e. The zero-order valence-corrected chi connectivity index (χ0v) is 10.4. The van der Waals surface area contributed by atoms with Gasteiger partial charge in [0.2, 0.25) is 5.91 Å². The van der Waals surface area contributed by atoms with Gasteiger partial charge in [0, 0.05) is 6.54 Å². The second-order valence-corrected chi connectivity index (χ2v) is 5.71. The smallest absolute Gasteiger partial charge is 0.231 e. The highest BCUT2D eigenvalue weighted by molar-refractivity contribution is 7.91. The van der Waals surface area contributed by atoms with Crippen LogP contribution in [-0.2, 0) is 14.6 Å². The molecule has 3 N–H and O–H groups in total. The second kappa shape index (κ2) is 6.14. The molecule has 0 radical (unpaired) electrons. The largest absolute Gasteiger partial charge is 0.369 e. The van der Waals surface area contributed by atoms with E-state index in [1.165, 1.54) is 24.3 Å². The number of carbonyl (C=O) groups excluding carboxylic acids is 1. The molecule has 7 heteroatoms. The highest BCUT2D eigenvalue weighted by Gasteiger charge is 2.13. The third-order valence-electron chi connectivity index (χ3n) is 2.19. The molecule has 1 aromatic carbocycles. The number of amides is 1. The Kier molecular flexibility index (Phi) is 4.83. The third kappa shape index (κ3) is 4.16. The summed E-state index contributed by atoms with van der Waals surface area (Å²) in [5.41, 5.74) is 5.31. The number of nitrogens with one attached hydrogen (secondary N) is 1. The summed E-state index contributed by atoms with van der Waals surface area (Å²) in [4.78, 5) is 10.6. The van der Waals surface area contributed by atoms with Gasteiger partial charge < -0.3 is 11.1 Å². The van der Waals surface area contributed by atoms with Crippen LogP contribution in [0.4, 0.5) is 0 Å². The lowest BCUT2D eigenvalue weighted by atomic mass is 10.2. The molecule has 0 fully saturated rings. The third-order valence-corrected chi connectivity index (χ3v) is 3.92. The number of primary amides is 1. The molecule has 0 heterocycles. The predicted octanol–water partition coefficient (Wildman–Crippen LogP) is -0.593. The van der Waals surface area contributed by atoms with Gasteiger partial charge in [0.05, 0.1) is 28.8 Å². The number of nitrogens with two attached hydrogens (primary N) is 1. The molecular weight excluding hydrogens is 254 g/mol. The summed E-state index contributed by atoms with van der Waals surface area (Å²) in [6.07, 6.45) is 0. The molecule has 0 aliphatic carbocycles. The van der Waals surface area contributed by atoms with Crippen LogP contribution in [0.25, 0.3) is 0 Å². The van der Waals surface area contributed by atoms with E-state index in [9.17, 15) is 13.2 Å². The van der Waals surface area contributed by atoms with Crippen molar-refractivity contribution in [3.05, 3.63) is 29.8 Å². The fraction of sp³-hybridized carbons (Fsp3) is 0.273. The van der Waals surface area contributed by atoms with E-state index in [4.69, 9.17) is 11.0 Å². The number of hydrogen-bond donors (Lipinski definition) is 2. The molecule has 0 bridgehead atoms. The Balaban J connectivity index is 2.63. The van der Waals surface area contributed by atoms with Gasteiger partial charge in [-0.3, -0.25) is 4.79 Å². The average molecular weight is 267 g/mol. The number of sulfone groups is 1. The van der Waals surface area contributed by atoms with Crippen LogP contribution < -0.4 is 11.1 Å². The van der Waals surface area contributed by atoms with Gasteiger partial charge in [-0.05, 0) is 24.3 Å². The van der Waals surface area contributed by atoms with Crippen molar-refractivity contribution in [2.75, 3.05) is 18.8 Å². The van der Waals surface area contributed by atoms with Gasteiger partial charge in [0.1, 0.15) is 0 Å². The van der Waals surface area contributed by atoms with Crippen LogP contribution in [0.3, 0.4) is 0 Å². The lowest BCUT2D eigenvalue weighted by molar-refractivity contribution is -0.117. The Bertz CT molecular complexity index is 558. The van der Waals surface area contributed by atoms with Gasteiger partial charge in [-0.15, -0.1) is 0 Å². The van der Waals surface area contributed by atoms with Crippen molar-refractivity contribution in [2.45, 2.75) is 4.90 Å². The van der Waals surface area contributed by atoms with Crippen LogP contribution in [-0.4, -0.2) is 33.2 Å². The molecule has 0 spiro atoms. The number of rotatable bonds is 6. The first-order valence-corrected chi connectivity index (χ1v) is 6.83.